The van der Waals surface area contributed by atoms with Crippen molar-refractivity contribution in [1.82, 2.24) is 5.32 Å². The Kier molecular flexibility index (Phi) is 5.71. The van der Waals surface area contributed by atoms with E-state index < -0.39 is 4.92 Å². The molecular formula is C20H25N4O3+. The minimum absolute atomic E-state index is 0.0657. The molecule has 0 bridgehead atoms. The molecule has 1 aliphatic carbocycles. The Morgan fingerprint density at radius 1 is 1.22 bits per heavy atom. The maximum Gasteiger partial charge on any atom is 0.293 e. The second kappa shape index (κ2) is 8.18. The largest absolute Gasteiger partial charge is 0.377 e. The van der Waals surface area contributed by atoms with E-state index in [0.29, 0.717) is 18.3 Å². The van der Waals surface area contributed by atoms with Crippen LogP contribution in [0.15, 0.2) is 48.5 Å². The first-order chi connectivity index (χ1) is 12.9. The molecule has 0 saturated heterocycles. The Morgan fingerprint density at radius 2 is 1.93 bits per heavy atom. The molecule has 7 nitrogen and oxygen atoms in total. The van der Waals surface area contributed by atoms with Gasteiger partial charge < -0.3 is 15.5 Å². The summed E-state index contributed by atoms with van der Waals surface area (Å²) in [5.74, 6) is -0.314. The molecule has 27 heavy (non-hydrogen) atoms. The average molecular weight is 369 g/mol. The van der Waals surface area contributed by atoms with Gasteiger partial charge in [-0.2, -0.15) is 0 Å². The summed E-state index contributed by atoms with van der Waals surface area (Å²) in [7, 11) is 4.04. The van der Waals surface area contributed by atoms with Crippen molar-refractivity contribution in [1.29, 1.82) is 0 Å². The molecule has 0 aromatic heterocycles. The van der Waals surface area contributed by atoms with Crippen molar-refractivity contribution in [3.63, 3.8) is 0 Å². The van der Waals surface area contributed by atoms with Crippen LogP contribution in [-0.2, 0) is 0 Å². The highest BCUT2D eigenvalue weighted by Crippen LogP contribution is 2.31. The van der Waals surface area contributed by atoms with E-state index in [2.05, 4.69) is 10.6 Å². The number of nitro benzene ring substituents is 1. The second-order valence-corrected chi connectivity index (χ2v) is 7.26. The van der Waals surface area contributed by atoms with E-state index in [-0.39, 0.29) is 23.2 Å². The van der Waals surface area contributed by atoms with Gasteiger partial charge in [0.1, 0.15) is 18.3 Å². The van der Waals surface area contributed by atoms with E-state index >= 15 is 0 Å². The number of quaternary nitrogens is 1. The summed E-state index contributed by atoms with van der Waals surface area (Å²) >= 11 is 0. The van der Waals surface area contributed by atoms with Crippen molar-refractivity contribution < 1.29 is 14.6 Å². The summed E-state index contributed by atoms with van der Waals surface area (Å²) in [6.45, 7) is 0.708. The summed E-state index contributed by atoms with van der Waals surface area (Å²) in [6.07, 6.45) is 2.04. The molecule has 3 N–H and O–H groups in total. The maximum absolute atomic E-state index is 12.8. The summed E-state index contributed by atoms with van der Waals surface area (Å²) in [4.78, 5) is 24.9. The number of likely N-dealkylation sites (N-methyl/N-ethyl adjacent to an activating group) is 1. The van der Waals surface area contributed by atoms with Crippen LogP contribution >= 0.6 is 0 Å². The van der Waals surface area contributed by atoms with E-state index in [0.717, 1.165) is 18.4 Å². The summed E-state index contributed by atoms with van der Waals surface area (Å²) in [5, 5.41) is 17.6. The molecule has 2 aromatic rings. The number of rotatable bonds is 8. The summed E-state index contributed by atoms with van der Waals surface area (Å²) in [6, 6.07) is 14.5. The molecule has 1 fully saturated rings. The van der Waals surface area contributed by atoms with Gasteiger partial charge >= 0.3 is 0 Å². The fraction of sp³-hybridized carbons (Fsp3) is 0.350. The fourth-order valence-corrected chi connectivity index (χ4v) is 2.98. The number of nitrogens with zero attached hydrogens (tertiary/aromatic N) is 1. The number of carbonyl (C=O) groups is 1. The number of nitro groups is 1. The Bertz CT molecular complexity index is 819. The molecule has 0 aliphatic heterocycles. The van der Waals surface area contributed by atoms with Gasteiger partial charge in [0.2, 0.25) is 0 Å². The third-order valence-electron chi connectivity index (χ3n) is 4.51. The summed E-state index contributed by atoms with van der Waals surface area (Å²) in [5.41, 5.74) is 1.70. The van der Waals surface area contributed by atoms with Gasteiger partial charge in [0.05, 0.1) is 19.0 Å². The molecule has 1 amide bonds. The third kappa shape index (κ3) is 5.04. The highest BCUT2D eigenvalue weighted by Gasteiger charge is 2.26. The van der Waals surface area contributed by atoms with Crippen molar-refractivity contribution in [3.8, 4) is 0 Å². The molecule has 0 heterocycles. The van der Waals surface area contributed by atoms with Crippen LogP contribution in [0.3, 0.4) is 0 Å². The first-order valence-corrected chi connectivity index (χ1v) is 9.14. The van der Waals surface area contributed by atoms with Crippen LogP contribution in [0, 0.1) is 10.1 Å². The smallest absolute Gasteiger partial charge is 0.293 e. The van der Waals surface area contributed by atoms with Crippen molar-refractivity contribution in [2.45, 2.75) is 24.9 Å². The van der Waals surface area contributed by atoms with Gasteiger partial charge in [-0.3, -0.25) is 14.9 Å². The van der Waals surface area contributed by atoms with Gasteiger partial charge in [0.15, 0.2) is 0 Å². The predicted octanol–water partition coefficient (Wildman–Crippen LogP) is 1.78. The van der Waals surface area contributed by atoms with Crippen molar-refractivity contribution in [2.75, 3.05) is 26.0 Å². The minimum Gasteiger partial charge on any atom is -0.377 e. The van der Waals surface area contributed by atoms with E-state index in [1.54, 1.807) is 12.1 Å². The van der Waals surface area contributed by atoms with Crippen LogP contribution in [-0.4, -0.2) is 37.5 Å². The van der Waals surface area contributed by atoms with Crippen molar-refractivity contribution >= 4 is 17.3 Å². The Morgan fingerprint density at radius 3 is 2.52 bits per heavy atom. The molecule has 1 atom stereocenters. The molecule has 1 aliphatic rings. The zero-order valence-electron chi connectivity index (χ0n) is 15.6. The van der Waals surface area contributed by atoms with Gasteiger partial charge in [0, 0.05) is 17.7 Å². The molecule has 142 valence electrons. The SMILES string of the molecule is C[NH+](C)C[C@H](NC(=O)c1ccc(NC2CC2)c([N+](=O)[O-])c1)c1ccccc1. The molecule has 0 unspecified atom stereocenters. The van der Waals surface area contributed by atoms with Crippen LogP contribution in [0.4, 0.5) is 11.4 Å². The zero-order chi connectivity index (χ0) is 19.4. The number of hydrogen-bond acceptors (Lipinski definition) is 4. The Labute approximate surface area is 158 Å². The van der Waals surface area contributed by atoms with Crippen molar-refractivity contribution in [2.24, 2.45) is 0 Å². The highest BCUT2D eigenvalue weighted by atomic mass is 16.6. The predicted molar refractivity (Wildman–Crippen MR) is 104 cm³/mol. The highest BCUT2D eigenvalue weighted by molar-refractivity contribution is 5.96. The molecular weight excluding hydrogens is 344 g/mol. The Hall–Kier alpha value is -2.93. The lowest BCUT2D eigenvalue weighted by molar-refractivity contribution is -0.860. The minimum atomic E-state index is -0.444. The van der Waals surface area contributed by atoms with E-state index in [1.165, 1.54) is 11.0 Å². The Balaban J connectivity index is 1.80. The standard InChI is InChI=1S/C20H24N4O3/c1-23(2)13-18(14-6-4-3-5-7-14)22-20(25)15-8-11-17(21-16-9-10-16)19(12-15)24(26)27/h3-8,11-12,16,18,21H,9-10,13H2,1-2H3,(H,22,25)/p+1/t18-/m0/s1. The van der Waals surface area contributed by atoms with Gasteiger partial charge in [0.25, 0.3) is 11.6 Å². The third-order valence-corrected chi connectivity index (χ3v) is 4.51. The summed E-state index contributed by atoms with van der Waals surface area (Å²) < 4.78 is 0. The van der Waals surface area contributed by atoms with Gasteiger partial charge in [-0.1, -0.05) is 30.3 Å². The number of anilines is 1. The lowest BCUT2D eigenvalue weighted by Gasteiger charge is -2.21. The molecule has 3 rings (SSSR count). The first-order valence-electron chi connectivity index (χ1n) is 9.14. The van der Waals surface area contributed by atoms with E-state index in [1.807, 2.05) is 44.4 Å². The van der Waals surface area contributed by atoms with Crippen LogP contribution in [0.5, 0.6) is 0 Å². The maximum atomic E-state index is 12.8. The molecule has 0 radical (unpaired) electrons. The van der Waals surface area contributed by atoms with Crippen LogP contribution in [0.1, 0.15) is 34.8 Å². The monoisotopic (exact) mass is 369 g/mol. The first kappa shape index (κ1) is 18.8. The number of carbonyl (C=O) groups excluding carboxylic acids is 1. The van der Waals surface area contributed by atoms with Crippen LogP contribution in [0.2, 0.25) is 0 Å². The molecule has 1 saturated carbocycles. The quantitative estimate of drug-likeness (QED) is 0.489. The lowest BCUT2D eigenvalue weighted by Crippen LogP contribution is -3.06. The van der Waals surface area contributed by atoms with Crippen LogP contribution < -0.4 is 15.5 Å². The fourth-order valence-electron chi connectivity index (χ4n) is 2.98. The zero-order valence-corrected chi connectivity index (χ0v) is 15.6. The van der Waals surface area contributed by atoms with Gasteiger partial charge in [-0.25, -0.2) is 0 Å². The van der Waals surface area contributed by atoms with Crippen molar-refractivity contribution in [3.05, 3.63) is 69.8 Å². The number of amides is 1. The van der Waals surface area contributed by atoms with Crippen LogP contribution in [0.25, 0.3) is 0 Å². The second-order valence-electron chi connectivity index (χ2n) is 7.26. The average Bonchev–Trinajstić information content (AvgIpc) is 3.45. The van der Waals surface area contributed by atoms with E-state index in [9.17, 15) is 14.9 Å². The molecule has 7 heteroatoms. The normalized spacial score (nSPS) is 14.6. The number of nitrogens with one attached hydrogen (secondary N) is 3. The lowest BCUT2D eigenvalue weighted by atomic mass is 10.1. The van der Waals surface area contributed by atoms with E-state index in [4.69, 9.17) is 0 Å². The molecule has 2 aromatic carbocycles. The topological polar surface area (TPSA) is 88.7 Å². The van der Waals surface area contributed by atoms with Gasteiger partial charge in [-0.05, 0) is 30.5 Å². The van der Waals surface area contributed by atoms with Gasteiger partial charge in [-0.15, -0.1) is 0 Å². The number of benzene rings is 2. The number of hydrogen-bond donors (Lipinski definition) is 3. The molecule has 0 spiro atoms.